The highest BCUT2D eigenvalue weighted by Gasteiger charge is 2.20. The van der Waals surface area contributed by atoms with Crippen molar-refractivity contribution in [1.82, 2.24) is 4.98 Å². The third-order valence-corrected chi connectivity index (χ3v) is 2.80. The van der Waals surface area contributed by atoms with Crippen molar-refractivity contribution in [3.05, 3.63) is 27.9 Å². The number of hydrogen-bond acceptors (Lipinski definition) is 4. The van der Waals surface area contributed by atoms with E-state index in [1.165, 1.54) is 19.2 Å². The molecule has 5 nitrogen and oxygen atoms in total. The molecule has 0 amide bonds. The summed E-state index contributed by atoms with van der Waals surface area (Å²) in [5, 5.41) is 10.7. The number of rotatable bonds is 6. The van der Waals surface area contributed by atoms with E-state index in [2.05, 4.69) is 18.8 Å². The maximum Gasteiger partial charge on any atom is 0.291 e. The summed E-state index contributed by atoms with van der Waals surface area (Å²) in [6.07, 6.45) is 1.16. The minimum Gasteiger partial charge on any atom is -0.481 e. The number of ether oxygens (including phenoxy) is 1. The summed E-state index contributed by atoms with van der Waals surface area (Å²) in [5.74, 6) is 0.807. The summed E-state index contributed by atoms with van der Waals surface area (Å²) >= 11 is 6.18. The first kappa shape index (κ1) is 14.7. The summed E-state index contributed by atoms with van der Waals surface area (Å²) in [6.45, 7) is 4.12. The van der Waals surface area contributed by atoms with Crippen LogP contribution in [0.15, 0.2) is 12.1 Å². The summed E-state index contributed by atoms with van der Waals surface area (Å²) < 4.78 is 4.98. The van der Waals surface area contributed by atoms with Crippen molar-refractivity contribution in [3.63, 3.8) is 0 Å². The molecule has 1 unspecified atom stereocenters. The quantitative estimate of drug-likeness (QED) is 0.453. The van der Waals surface area contributed by atoms with Gasteiger partial charge in [-0.1, -0.05) is 13.8 Å². The van der Waals surface area contributed by atoms with Gasteiger partial charge in [-0.25, -0.2) is 4.98 Å². The van der Waals surface area contributed by atoms with Crippen molar-refractivity contribution in [2.75, 3.05) is 7.11 Å². The zero-order chi connectivity index (χ0) is 13.7. The Hall–Kier alpha value is -1.36. The fourth-order valence-corrected chi connectivity index (χ4v) is 2.21. The molecular weight excluding hydrogens is 256 g/mol. The minimum atomic E-state index is -0.444. The Kier molecular flexibility index (Phi) is 5.34. The highest BCUT2D eigenvalue weighted by atomic mass is 35.5. The van der Waals surface area contributed by atoms with Crippen molar-refractivity contribution < 1.29 is 9.66 Å². The first-order valence-electron chi connectivity index (χ1n) is 5.76. The molecule has 6 heteroatoms. The summed E-state index contributed by atoms with van der Waals surface area (Å²) in [5.41, 5.74) is 0.366. The van der Waals surface area contributed by atoms with Crippen molar-refractivity contribution in [3.8, 4) is 5.88 Å². The third-order valence-electron chi connectivity index (χ3n) is 2.47. The average Bonchev–Trinajstić information content (AvgIpc) is 2.27. The molecule has 100 valence electrons. The van der Waals surface area contributed by atoms with Crippen molar-refractivity contribution in [2.45, 2.75) is 32.1 Å². The van der Waals surface area contributed by atoms with Crippen LogP contribution in [0.3, 0.4) is 0 Å². The molecule has 1 rings (SSSR count). The minimum absolute atomic E-state index is 0.00907. The van der Waals surface area contributed by atoms with Crippen LogP contribution in [0.5, 0.6) is 5.88 Å². The van der Waals surface area contributed by atoms with Gasteiger partial charge in [0.15, 0.2) is 0 Å². The normalized spacial score (nSPS) is 12.5. The number of nitro groups is 1. The van der Waals surface area contributed by atoms with Crippen LogP contribution in [0, 0.1) is 16.0 Å². The van der Waals surface area contributed by atoms with Crippen LogP contribution in [-0.2, 0) is 6.42 Å². The topological polar surface area (TPSA) is 65.3 Å². The molecule has 0 aliphatic carbocycles. The van der Waals surface area contributed by atoms with Gasteiger partial charge in [-0.3, -0.25) is 10.1 Å². The monoisotopic (exact) mass is 272 g/mol. The van der Waals surface area contributed by atoms with Gasteiger partial charge in [-0.2, -0.15) is 0 Å². The van der Waals surface area contributed by atoms with Crippen LogP contribution in [0.25, 0.3) is 0 Å². The largest absolute Gasteiger partial charge is 0.481 e. The van der Waals surface area contributed by atoms with E-state index < -0.39 is 4.92 Å². The molecular formula is C12H17ClN2O3. The smallest absolute Gasteiger partial charge is 0.291 e. The maximum absolute atomic E-state index is 10.9. The molecule has 0 spiro atoms. The highest BCUT2D eigenvalue weighted by molar-refractivity contribution is 6.20. The third kappa shape index (κ3) is 4.14. The Labute approximate surface area is 111 Å². The molecule has 1 heterocycles. The van der Waals surface area contributed by atoms with Crippen molar-refractivity contribution >= 4 is 17.3 Å². The number of pyridine rings is 1. The molecule has 0 aromatic carbocycles. The van der Waals surface area contributed by atoms with Gasteiger partial charge in [0.05, 0.1) is 12.0 Å². The Balaban J connectivity index is 2.93. The second-order valence-corrected chi connectivity index (χ2v) is 5.12. The number of nitrogens with zero attached hydrogens (tertiary/aromatic N) is 2. The first-order valence-corrected chi connectivity index (χ1v) is 6.20. The summed E-state index contributed by atoms with van der Waals surface area (Å²) in [7, 11) is 1.48. The van der Waals surface area contributed by atoms with E-state index >= 15 is 0 Å². The SMILES string of the molecule is COc1ccc([N+](=O)[O-])c(CC(Cl)CC(C)C)n1. The molecule has 0 aliphatic heterocycles. The van der Waals surface area contributed by atoms with Gasteiger partial charge in [0.25, 0.3) is 5.69 Å². The van der Waals surface area contributed by atoms with Crippen LogP contribution in [0.4, 0.5) is 5.69 Å². The molecule has 0 fully saturated rings. The number of alkyl halides is 1. The second-order valence-electron chi connectivity index (χ2n) is 4.51. The fraction of sp³-hybridized carbons (Fsp3) is 0.583. The molecule has 1 atom stereocenters. The van der Waals surface area contributed by atoms with Gasteiger partial charge in [-0.05, 0) is 12.3 Å². The van der Waals surface area contributed by atoms with E-state index in [0.29, 0.717) is 23.9 Å². The predicted molar refractivity (Wildman–Crippen MR) is 70.2 cm³/mol. The molecule has 1 aromatic rings. The van der Waals surface area contributed by atoms with Gasteiger partial charge in [0.1, 0.15) is 5.69 Å². The zero-order valence-electron chi connectivity index (χ0n) is 10.7. The predicted octanol–water partition coefficient (Wildman–Crippen LogP) is 3.19. The van der Waals surface area contributed by atoms with Crippen molar-refractivity contribution in [2.24, 2.45) is 5.92 Å². The number of halogens is 1. The number of aromatic nitrogens is 1. The molecule has 18 heavy (non-hydrogen) atoms. The molecule has 0 saturated heterocycles. The lowest BCUT2D eigenvalue weighted by molar-refractivity contribution is -0.386. The molecule has 0 saturated carbocycles. The van der Waals surface area contributed by atoms with Crippen LogP contribution in [-0.4, -0.2) is 22.4 Å². The molecule has 0 aliphatic rings. The summed E-state index contributed by atoms with van der Waals surface area (Å²) in [4.78, 5) is 14.6. The van der Waals surface area contributed by atoms with Gasteiger partial charge in [-0.15, -0.1) is 11.6 Å². The average molecular weight is 273 g/mol. The maximum atomic E-state index is 10.9. The summed E-state index contributed by atoms with van der Waals surface area (Å²) in [6, 6.07) is 2.88. The molecule has 0 bridgehead atoms. The Morgan fingerprint density at radius 2 is 2.17 bits per heavy atom. The van der Waals surface area contributed by atoms with Gasteiger partial charge < -0.3 is 4.74 Å². The molecule has 0 N–H and O–H groups in total. The number of hydrogen-bond donors (Lipinski definition) is 0. The Bertz CT molecular complexity index is 424. The van der Waals surface area contributed by atoms with E-state index in [1.807, 2.05) is 0 Å². The fourth-order valence-electron chi connectivity index (χ4n) is 1.71. The lowest BCUT2D eigenvalue weighted by atomic mass is 10.0. The number of methoxy groups -OCH3 is 1. The lowest BCUT2D eigenvalue weighted by Crippen LogP contribution is -2.10. The van der Waals surface area contributed by atoms with E-state index in [-0.39, 0.29) is 11.1 Å². The van der Waals surface area contributed by atoms with E-state index in [1.54, 1.807) is 0 Å². The van der Waals surface area contributed by atoms with E-state index in [0.717, 1.165) is 6.42 Å². The second kappa shape index (κ2) is 6.54. The van der Waals surface area contributed by atoms with Crippen LogP contribution < -0.4 is 4.74 Å². The van der Waals surface area contributed by atoms with Crippen molar-refractivity contribution in [1.29, 1.82) is 0 Å². The Morgan fingerprint density at radius 1 is 1.50 bits per heavy atom. The zero-order valence-corrected chi connectivity index (χ0v) is 11.5. The lowest BCUT2D eigenvalue weighted by Gasteiger charge is -2.12. The van der Waals surface area contributed by atoms with Crippen LogP contribution in [0.2, 0.25) is 0 Å². The van der Waals surface area contributed by atoms with Crippen LogP contribution in [0.1, 0.15) is 26.0 Å². The van der Waals surface area contributed by atoms with Gasteiger partial charge in [0, 0.05) is 23.9 Å². The van der Waals surface area contributed by atoms with Gasteiger partial charge in [0.2, 0.25) is 5.88 Å². The Morgan fingerprint density at radius 3 is 2.67 bits per heavy atom. The van der Waals surface area contributed by atoms with Crippen LogP contribution >= 0.6 is 11.6 Å². The highest BCUT2D eigenvalue weighted by Crippen LogP contribution is 2.24. The van der Waals surface area contributed by atoms with E-state index in [4.69, 9.17) is 16.3 Å². The molecule has 1 aromatic heterocycles. The molecule has 0 radical (unpaired) electrons. The first-order chi connectivity index (χ1) is 8.43. The van der Waals surface area contributed by atoms with Gasteiger partial charge >= 0.3 is 0 Å². The van der Waals surface area contributed by atoms with E-state index in [9.17, 15) is 10.1 Å². The standard InChI is InChI=1S/C12H17ClN2O3/c1-8(2)6-9(13)7-10-11(15(16)17)4-5-12(14-10)18-3/h4-5,8-9H,6-7H2,1-3H3.